The zero-order chi connectivity index (χ0) is 24.2. The van der Waals surface area contributed by atoms with Crippen molar-refractivity contribution >= 4 is 29.2 Å². The number of nitrogens with zero attached hydrogens (tertiary/aromatic N) is 4. The van der Waals surface area contributed by atoms with Crippen molar-refractivity contribution < 1.29 is 14.5 Å². The maximum absolute atomic E-state index is 13.6. The Labute approximate surface area is 208 Å². The van der Waals surface area contributed by atoms with Crippen LogP contribution in [0.25, 0.3) is 0 Å². The molecule has 1 spiro atoms. The number of carbonyl (C=O) groups excluding carboxylic acids is 1. The molecule has 5 aliphatic heterocycles. The van der Waals surface area contributed by atoms with E-state index in [4.69, 9.17) is 9.73 Å². The van der Waals surface area contributed by atoms with E-state index in [1.807, 2.05) is 12.1 Å². The van der Waals surface area contributed by atoms with Crippen LogP contribution in [0.3, 0.4) is 0 Å². The number of rotatable bonds is 3. The number of hydrogen-bond donors (Lipinski definition) is 0. The molecule has 2 aromatic carbocycles. The van der Waals surface area contributed by atoms with Gasteiger partial charge in [0.2, 0.25) is 5.91 Å². The van der Waals surface area contributed by atoms with E-state index in [0.717, 1.165) is 37.3 Å². The van der Waals surface area contributed by atoms with Gasteiger partial charge in [-0.1, -0.05) is 23.8 Å². The Morgan fingerprint density at radius 1 is 1.22 bits per heavy atom. The van der Waals surface area contributed by atoms with Gasteiger partial charge in [-0.3, -0.25) is 24.8 Å². The molecular weight excluding hydrogens is 456 g/mol. The van der Waals surface area contributed by atoms with Crippen molar-refractivity contribution in [3.8, 4) is 0 Å². The van der Waals surface area contributed by atoms with Crippen LogP contribution >= 0.6 is 0 Å². The molecule has 0 N–H and O–H groups in total. The van der Waals surface area contributed by atoms with Crippen molar-refractivity contribution in [3.63, 3.8) is 0 Å². The summed E-state index contributed by atoms with van der Waals surface area (Å²) in [6.45, 7) is 2.68. The fourth-order valence-electron chi connectivity index (χ4n) is 8.49. The summed E-state index contributed by atoms with van der Waals surface area (Å²) < 4.78 is 6.32. The average Bonchev–Trinajstić information content (AvgIpc) is 3.35. The molecule has 6 aliphatic rings. The summed E-state index contributed by atoms with van der Waals surface area (Å²) >= 11 is 0. The molecule has 4 fully saturated rings. The molecule has 1 amide bonds. The van der Waals surface area contributed by atoms with Crippen molar-refractivity contribution in [3.05, 3.63) is 75.4 Å². The number of hydrogen-bond acceptors (Lipinski definition) is 6. The molecule has 2 bridgehead atoms. The van der Waals surface area contributed by atoms with E-state index >= 15 is 0 Å². The molecule has 3 saturated heterocycles. The van der Waals surface area contributed by atoms with Crippen molar-refractivity contribution in [2.75, 3.05) is 24.6 Å². The lowest BCUT2D eigenvalue weighted by atomic mass is 9.53. The highest BCUT2D eigenvalue weighted by Crippen LogP contribution is 2.66. The van der Waals surface area contributed by atoms with Gasteiger partial charge in [0.15, 0.2) is 0 Å². The molecule has 8 heteroatoms. The number of carbonyl (C=O) groups is 1. The molecule has 8 nitrogen and oxygen atoms in total. The molecule has 182 valence electrons. The molecule has 1 saturated carbocycles. The number of amides is 1. The Kier molecular flexibility index (Phi) is 4.11. The molecule has 6 atom stereocenters. The summed E-state index contributed by atoms with van der Waals surface area (Å²) in [4.78, 5) is 33.8. The number of ether oxygens (including phenoxy) is 1. The molecule has 36 heavy (non-hydrogen) atoms. The normalized spacial score (nSPS) is 35.6. The van der Waals surface area contributed by atoms with Gasteiger partial charge in [-0.15, -0.1) is 0 Å². The average molecular weight is 483 g/mol. The summed E-state index contributed by atoms with van der Waals surface area (Å²) in [5.74, 6) is 0.998. The first-order valence-corrected chi connectivity index (χ1v) is 12.8. The number of non-ortho nitro benzene ring substituents is 1. The Morgan fingerprint density at radius 3 is 3.03 bits per heavy atom. The van der Waals surface area contributed by atoms with Crippen LogP contribution in [0.5, 0.6) is 0 Å². The van der Waals surface area contributed by atoms with Gasteiger partial charge in [0.25, 0.3) is 5.69 Å². The van der Waals surface area contributed by atoms with Crippen LogP contribution in [0.15, 0.2) is 59.1 Å². The van der Waals surface area contributed by atoms with Gasteiger partial charge in [0.05, 0.1) is 35.8 Å². The number of nitro benzene ring substituents is 1. The molecular formula is C28H26N4O4. The summed E-state index contributed by atoms with van der Waals surface area (Å²) in [7, 11) is 0. The monoisotopic (exact) mass is 482 g/mol. The van der Waals surface area contributed by atoms with Crippen molar-refractivity contribution in [1.29, 1.82) is 0 Å². The van der Waals surface area contributed by atoms with Gasteiger partial charge in [-0.25, -0.2) is 0 Å². The fraction of sp³-hybridized carbons (Fsp3) is 0.429. The van der Waals surface area contributed by atoms with E-state index in [9.17, 15) is 14.9 Å². The minimum atomic E-state index is -0.392. The van der Waals surface area contributed by atoms with Crippen molar-refractivity contribution in [1.82, 2.24) is 4.90 Å². The highest BCUT2D eigenvalue weighted by atomic mass is 16.6. The SMILES string of the molecule is O=C1C[C@@H]2OCC=C3CN4CC[C@]56c7cc(N=Cc8cccc([N+](=O)[O-])c8)ccc7N1[C@@H]5[C@H]2[C@H]3C[C@@H]46. The Hall–Kier alpha value is -3.36. The quantitative estimate of drug-likeness (QED) is 0.288. The lowest BCUT2D eigenvalue weighted by Crippen LogP contribution is -2.69. The summed E-state index contributed by atoms with van der Waals surface area (Å²) in [6, 6.07) is 13.3. The van der Waals surface area contributed by atoms with Crippen LogP contribution in [0.4, 0.5) is 17.1 Å². The van der Waals surface area contributed by atoms with Gasteiger partial charge < -0.3 is 9.64 Å². The Balaban J connectivity index is 1.25. The van der Waals surface area contributed by atoms with Gasteiger partial charge in [-0.2, -0.15) is 0 Å². The van der Waals surface area contributed by atoms with Gasteiger partial charge in [0, 0.05) is 48.0 Å². The van der Waals surface area contributed by atoms with Crippen LogP contribution in [0.2, 0.25) is 0 Å². The van der Waals surface area contributed by atoms with E-state index in [2.05, 4.69) is 28.0 Å². The summed E-state index contributed by atoms with van der Waals surface area (Å²) in [6.07, 6.45) is 6.60. The molecule has 1 aliphatic carbocycles. The van der Waals surface area contributed by atoms with Gasteiger partial charge in [0.1, 0.15) is 0 Å². The first-order chi connectivity index (χ1) is 17.5. The molecule has 0 aromatic heterocycles. The number of anilines is 1. The van der Waals surface area contributed by atoms with E-state index in [1.54, 1.807) is 12.3 Å². The Bertz CT molecular complexity index is 1400. The molecule has 0 radical (unpaired) electrons. The second-order valence-electron chi connectivity index (χ2n) is 11.1. The number of piperidine rings is 2. The molecule has 8 rings (SSSR count). The lowest BCUT2D eigenvalue weighted by Gasteiger charge is -2.58. The minimum Gasteiger partial charge on any atom is -0.373 e. The third kappa shape index (κ3) is 2.56. The van der Waals surface area contributed by atoms with Gasteiger partial charge in [-0.05, 0) is 54.6 Å². The fourth-order valence-corrected chi connectivity index (χ4v) is 8.49. The van der Waals surface area contributed by atoms with Crippen LogP contribution in [0, 0.1) is 22.0 Å². The highest BCUT2D eigenvalue weighted by molar-refractivity contribution is 5.99. The third-order valence-corrected chi connectivity index (χ3v) is 9.74. The summed E-state index contributed by atoms with van der Waals surface area (Å²) in [5.41, 5.74) is 5.26. The Morgan fingerprint density at radius 2 is 2.14 bits per heavy atom. The predicted octanol–water partition coefficient (Wildman–Crippen LogP) is 3.75. The third-order valence-electron chi connectivity index (χ3n) is 9.74. The zero-order valence-corrected chi connectivity index (χ0v) is 19.7. The number of nitro groups is 1. The van der Waals surface area contributed by atoms with E-state index in [-0.39, 0.29) is 29.2 Å². The maximum atomic E-state index is 13.6. The second-order valence-corrected chi connectivity index (χ2v) is 11.1. The van der Waals surface area contributed by atoms with E-state index in [1.165, 1.54) is 23.3 Å². The van der Waals surface area contributed by atoms with E-state index in [0.29, 0.717) is 36.5 Å². The van der Waals surface area contributed by atoms with Crippen LogP contribution in [-0.2, 0) is 14.9 Å². The maximum Gasteiger partial charge on any atom is 0.270 e. The lowest BCUT2D eigenvalue weighted by molar-refractivity contribution is -0.384. The standard InChI is InChI=1S/C28H26N4O4/c33-25-13-23-26-20-12-24-28(7-8-30(24)15-17(20)6-9-36-23)21-11-18(4-5-22(21)31(25)27(26)28)29-14-16-2-1-3-19(10-16)32(34)35/h1-6,10-11,14,20,23-24,26-27H,7-9,12-13,15H2/t20-,23-,24+,26-,27+,28+/m0/s1. The van der Waals surface area contributed by atoms with Crippen LogP contribution < -0.4 is 4.90 Å². The van der Waals surface area contributed by atoms with Gasteiger partial charge >= 0.3 is 0 Å². The number of benzene rings is 2. The topological polar surface area (TPSA) is 88.3 Å². The molecule has 5 heterocycles. The number of aliphatic imine (C=N–C) groups is 1. The minimum absolute atomic E-state index is 0.0110. The molecule has 0 unspecified atom stereocenters. The van der Waals surface area contributed by atoms with Crippen molar-refractivity contribution in [2.45, 2.75) is 42.9 Å². The smallest absolute Gasteiger partial charge is 0.270 e. The second kappa shape index (κ2) is 7.11. The van der Waals surface area contributed by atoms with Crippen LogP contribution in [0.1, 0.15) is 30.4 Å². The predicted molar refractivity (Wildman–Crippen MR) is 134 cm³/mol. The number of fused-ring (bicyclic) bond motifs is 2. The first kappa shape index (κ1) is 20.8. The highest BCUT2D eigenvalue weighted by Gasteiger charge is 2.71. The van der Waals surface area contributed by atoms with Crippen molar-refractivity contribution in [2.24, 2.45) is 16.8 Å². The summed E-state index contributed by atoms with van der Waals surface area (Å²) in [5, 5.41) is 11.1. The van der Waals surface area contributed by atoms with E-state index < -0.39 is 4.92 Å². The first-order valence-electron chi connectivity index (χ1n) is 12.8. The molecule has 2 aromatic rings. The zero-order valence-electron chi connectivity index (χ0n) is 19.7. The van der Waals surface area contributed by atoms with Crippen LogP contribution in [-0.4, -0.2) is 59.8 Å². The largest absolute Gasteiger partial charge is 0.373 e.